The van der Waals surface area contributed by atoms with Crippen molar-refractivity contribution in [2.24, 2.45) is 5.92 Å². The molecule has 27 heavy (non-hydrogen) atoms. The molecular weight excluding hydrogens is 367 g/mol. The van der Waals surface area contributed by atoms with Crippen molar-refractivity contribution in [1.29, 1.82) is 0 Å². The van der Waals surface area contributed by atoms with Gasteiger partial charge in [-0.25, -0.2) is 15.0 Å². The average Bonchev–Trinajstić information content (AvgIpc) is 2.68. The molecular formula is C18H21FN6OS. The summed E-state index contributed by atoms with van der Waals surface area (Å²) >= 11 is 5.33. The third kappa shape index (κ3) is 3.90. The largest absolute Gasteiger partial charge is 0.386 e. The van der Waals surface area contributed by atoms with Crippen LogP contribution in [0.3, 0.4) is 0 Å². The summed E-state index contributed by atoms with van der Waals surface area (Å²) in [7, 11) is 0. The molecule has 9 heteroatoms. The number of piperidine rings is 3. The summed E-state index contributed by atoms with van der Waals surface area (Å²) in [5, 5.41) is 17.4. The molecule has 3 N–H and O–H groups in total. The van der Waals surface area contributed by atoms with Gasteiger partial charge in [0.2, 0.25) is 5.95 Å². The van der Waals surface area contributed by atoms with Crippen LogP contribution < -0.4 is 10.6 Å². The zero-order valence-corrected chi connectivity index (χ0v) is 15.5. The summed E-state index contributed by atoms with van der Waals surface area (Å²) in [4.78, 5) is 14.1. The molecule has 2 bridgehead atoms. The first-order chi connectivity index (χ1) is 13.0. The van der Waals surface area contributed by atoms with E-state index in [-0.39, 0.29) is 0 Å². The minimum absolute atomic E-state index is 0.295. The number of anilines is 1. The summed E-state index contributed by atoms with van der Waals surface area (Å²) < 4.78 is 13.9. The molecule has 2 aromatic heterocycles. The van der Waals surface area contributed by atoms with Crippen molar-refractivity contribution in [1.82, 2.24) is 25.2 Å². The van der Waals surface area contributed by atoms with Crippen LogP contribution in [0.1, 0.15) is 12.8 Å². The van der Waals surface area contributed by atoms with Crippen LogP contribution in [-0.4, -0.2) is 61.9 Å². The van der Waals surface area contributed by atoms with Gasteiger partial charge in [-0.2, -0.15) is 4.39 Å². The summed E-state index contributed by atoms with van der Waals surface area (Å²) in [6.45, 7) is 3.18. The van der Waals surface area contributed by atoms with Crippen LogP contribution in [0, 0.1) is 11.9 Å². The van der Waals surface area contributed by atoms with E-state index in [4.69, 9.17) is 12.2 Å². The maximum atomic E-state index is 13.9. The molecule has 5 rings (SSSR count). The number of pyridine rings is 1. The number of rotatable bonds is 4. The second-order valence-electron chi connectivity index (χ2n) is 7.09. The molecule has 3 aliphatic rings. The highest BCUT2D eigenvalue weighted by molar-refractivity contribution is 7.80. The van der Waals surface area contributed by atoms with Gasteiger partial charge in [-0.1, -0.05) is 0 Å². The molecule has 0 aromatic carbocycles. The Hall–Kier alpha value is -2.23. The number of nitrogens with zero attached hydrogens (tertiary/aromatic N) is 4. The van der Waals surface area contributed by atoms with Crippen LogP contribution in [0.5, 0.6) is 0 Å². The fourth-order valence-corrected chi connectivity index (χ4v) is 4.07. The predicted molar refractivity (Wildman–Crippen MR) is 104 cm³/mol. The van der Waals surface area contributed by atoms with Crippen molar-refractivity contribution in [2.75, 3.05) is 31.5 Å². The van der Waals surface area contributed by atoms with Crippen LogP contribution in [0.4, 0.5) is 10.2 Å². The van der Waals surface area contributed by atoms with Crippen molar-refractivity contribution in [2.45, 2.75) is 18.4 Å². The second kappa shape index (κ2) is 7.41. The van der Waals surface area contributed by atoms with Gasteiger partial charge in [0, 0.05) is 25.4 Å². The van der Waals surface area contributed by atoms with Crippen molar-refractivity contribution in [3.63, 3.8) is 0 Å². The molecule has 0 radical (unpaired) electrons. The van der Waals surface area contributed by atoms with E-state index >= 15 is 0 Å². The maximum Gasteiger partial charge on any atom is 0.222 e. The molecule has 2 aromatic rings. The lowest BCUT2D eigenvalue weighted by molar-refractivity contribution is -0.107. The monoisotopic (exact) mass is 388 g/mol. The van der Waals surface area contributed by atoms with Gasteiger partial charge in [-0.3, -0.25) is 0 Å². The molecule has 0 spiro atoms. The number of halogens is 1. The fraction of sp³-hybridized carbons (Fsp3) is 0.444. The first-order valence-electron chi connectivity index (χ1n) is 8.96. The lowest BCUT2D eigenvalue weighted by atomic mass is 9.75. The van der Waals surface area contributed by atoms with Gasteiger partial charge < -0.3 is 20.6 Å². The minimum Gasteiger partial charge on any atom is -0.386 e. The van der Waals surface area contributed by atoms with Crippen molar-refractivity contribution in [3.05, 3.63) is 36.7 Å². The third-order valence-corrected chi connectivity index (χ3v) is 5.59. The number of aliphatic hydroxyl groups is 1. The Bertz CT molecular complexity index is 844. The Labute approximate surface area is 162 Å². The van der Waals surface area contributed by atoms with Crippen molar-refractivity contribution < 1.29 is 9.50 Å². The van der Waals surface area contributed by atoms with E-state index in [1.165, 1.54) is 12.5 Å². The van der Waals surface area contributed by atoms with Gasteiger partial charge in [0.15, 0.2) is 5.11 Å². The predicted octanol–water partition coefficient (Wildman–Crippen LogP) is 1.42. The van der Waals surface area contributed by atoms with E-state index in [0.717, 1.165) is 25.9 Å². The number of hydrogen-bond donors (Lipinski definition) is 3. The van der Waals surface area contributed by atoms with Crippen LogP contribution in [0.2, 0.25) is 0 Å². The standard InChI is InChI=1S/C18H21FN6OS/c19-16-13(2-1-5-20-16)14-8-15(23-11-22-14)24-17(27)21-9-18(26)10-25-6-3-12(18)4-7-25/h1-2,5,8,11-12,26H,3-4,6-7,9-10H2,(H2,21,22,23,24,27)/t18-/m0/s1. The quantitative estimate of drug-likeness (QED) is 0.536. The Morgan fingerprint density at radius 2 is 2.15 bits per heavy atom. The van der Waals surface area contributed by atoms with Crippen LogP contribution in [-0.2, 0) is 0 Å². The molecule has 0 unspecified atom stereocenters. The Balaban J connectivity index is 1.39. The molecule has 0 aliphatic carbocycles. The molecule has 7 nitrogen and oxygen atoms in total. The first-order valence-corrected chi connectivity index (χ1v) is 9.37. The van der Waals surface area contributed by atoms with E-state index < -0.39 is 11.5 Å². The van der Waals surface area contributed by atoms with E-state index in [9.17, 15) is 9.50 Å². The highest BCUT2D eigenvalue weighted by atomic mass is 32.1. The van der Waals surface area contributed by atoms with E-state index in [2.05, 4.69) is 30.5 Å². The molecule has 142 valence electrons. The topological polar surface area (TPSA) is 86.2 Å². The highest BCUT2D eigenvalue weighted by Gasteiger charge is 2.45. The molecule has 0 saturated carbocycles. The van der Waals surface area contributed by atoms with Gasteiger partial charge >= 0.3 is 0 Å². The van der Waals surface area contributed by atoms with E-state index in [0.29, 0.717) is 41.2 Å². The molecule has 1 atom stereocenters. The SMILES string of the molecule is O[C@@]1(CNC(=S)Nc2cc(-c3cccnc3F)ncn2)CN2CCC1CC2. The van der Waals surface area contributed by atoms with Gasteiger partial charge in [0.05, 0.1) is 16.9 Å². The smallest absolute Gasteiger partial charge is 0.222 e. The van der Waals surface area contributed by atoms with Crippen LogP contribution >= 0.6 is 12.2 Å². The molecule has 3 fully saturated rings. The summed E-state index contributed by atoms with van der Waals surface area (Å²) in [6, 6.07) is 4.86. The van der Waals surface area contributed by atoms with Crippen molar-refractivity contribution >= 4 is 23.1 Å². The first kappa shape index (κ1) is 18.1. The van der Waals surface area contributed by atoms with E-state index in [1.807, 2.05) is 0 Å². The van der Waals surface area contributed by atoms with Crippen LogP contribution in [0.25, 0.3) is 11.3 Å². The highest BCUT2D eigenvalue weighted by Crippen LogP contribution is 2.35. The lowest BCUT2D eigenvalue weighted by Gasteiger charge is -2.50. The number of nitrogens with one attached hydrogen (secondary N) is 2. The molecule has 0 amide bonds. The van der Waals surface area contributed by atoms with Gasteiger partial charge in [-0.05, 0) is 56.2 Å². The molecule has 3 aliphatic heterocycles. The third-order valence-electron chi connectivity index (χ3n) is 5.34. The van der Waals surface area contributed by atoms with Gasteiger partial charge in [0.1, 0.15) is 12.1 Å². The maximum absolute atomic E-state index is 13.9. The molecule has 5 heterocycles. The Morgan fingerprint density at radius 1 is 1.33 bits per heavy atom. The zero-order chi connectivity index (χ0) is 18.9. The summed E-state index contributed by atoms with van der Waals surface area (Å²) in [6.07, 6.45) is 4.76. The normalized spacial score (nSPS) is 26.6. The number of fused-ring (bicyclic) bond motifs is 3. The van der Waals surface area contributed by atoms with Crippen molar-refractivity contribution in [3.8, 4) is 11.3 Å². The fourth-order valence-electron chi connectivity index (χ4n) is 3.89. The Morgan fingerprint density at radius 3 is 2.85 bits per heavy atom. The van der Waals surface area contributed by atoms with Gasteiger partial charge in [-0.15, -0.1) is 0 Å². The van der Waals surface area contributed by atoms with E-state index in [1.54, 1.807) is 18.2 Å². The van der Waals surface area contributed by atoms with Crippen LogP contribution in [0.15, 0.2) is 30.7 Å². The number of hydrogen-bond acceptors (Lipinski definition) is 6. The molecule has 3 saturated heterocycles. The summed E-state index contributed by atoms with van der Waals surface area (Å²) in [5.41, 5.74) is -0.0573. The number of thiocarbonyl (C=S) groups is 1. The lowest BCUT2D eigenvalue weighted by Crippen LogP contribution is -2.63. The minimum atomic E-state index is -0.766. The summed E-state index contributed by atoms with van der Waals surface area (Å²) in [5.74, 6) is 0.158. The second-order valence-corrected chi connectivity index (χ2v) is 7.50. The Kier molecular flexibility index (Phi) is 4.98. The van der Waals surface area contributed by atoms with Gasteiger partial charge in [0.25, 0.3) is 0 Å². The average molecular weight is 388 g/mol. The zero-order valence-electron chi connectivity index (χ0n) is 14.7. The number of aromatic nitrogens is 3.